The fourth-order valence-electron chi connectivity index (χ4n) is 2.71. The largest absolute Gasteiger partial charge is 0.340 e. The Morgan fingerprint density at radius 1 is 0.920 bits per heavy atom. The summed E-state index contributed by atoms with van der Waals surface area (Å²) in [5.74, 6) is -0.472. The molecule has 0 fully saturated rings. The summed E-state index contributed by atoms with van der Waals surface area (Å²) in [7, 11) is 0. The minimum absolute atomic E-state index is 0.0282. The molecule has 4 nitrogen and oxygen atoms in total. The molecule has 1 unspecified atom stereocenters. The molecule has 0 saturated carbocycles. The van der Waals surface area contributed by atoms with E-state index in [0.717, 1.165) is 22.4 Å². The SMILES string of the molecule is Cc1cccc(C(=O)NC(C(=O)Nc2ccc(C)cc2C)C(C)C)c1. The normalized spacial score (nSPS) is 11.9. The van der Waals surface area contributed by atoms with Gasteiger partial charge in [-0.05, 0) is 50.5 Å². The summed E-state index contributed by atoms with van der Waals surface area (Å²) in [6, 6.07) is 12.6. The van der Waals surface area contributed by atoms with Gasteiger partial charge in [-0.3, -0.25) is 9.59 Å². The van der Waals surface area contributed by atoms with Crippen molar-refractivity contribution in [1.29, 1.82) is 0 Å². The van der Waals surface area contributed by atoms with Crippen LogP contribution in [0.4, 0.5) is 5.69 Å². The molecule has 2 rings (SSSR count). The van der Waals surface area contributed by atoms with E-state index in [9.17, 15) is 9.59 Å². The van der Waals surface area contributed by atoms with Crippen LogP contribution in [-0.2, 0) is 4.79 Å². The smallest absolute Gasteiger partial charge is 0.251 e. The minimum Gasteiger partial charge on any atom is -0.340 e. The van der Waals surface area contributed by atoms with E-state index in [-0.39, 0.29) is 17.7 Å². The third kappa shape index (κ3) is 4.92. The summed E-state index contributed by atoms with van der Waals surface area (Å²) in [6.07, 6.45) is 0. The summed E-state index contributed by atoms with van der Waals surface area (Å²) in [6.45, 7) is 9.74. The molecular weight excluding hydrogens is 312 g/mol. The molecule has 132 valence electrons. The van der Waals surface area contributed by atoms with Gasteiger partial charge in [-0.1, -0.05) is 49.2 Å². The number of carbonyl (C=O) groups excluding carboxylic acids is 2. The van der Waals surface area contributed by atoms with Crippen LogP contribution in [0.3, 0.4) is 0 Å². The number of amides is 2. The van der Waals surface area contributed by atoms with E-state index in [0.29, 0.717) is 5.56 Å². The fourth-order valence-corrected chi connectivity index (χ4v) is 2.71. The first-order valence-electron chi connectivity index (χ1n) is 8.53. The second-order valence-electron chi connectivity index (χ2n) is 6.87. The second-order valence-corrected chi connectivity index (χ2v) is 6.87. The van der Waals surface area contributed by atoms with E-state index in [4.69, 9.17) is 0 Å². The van der Waals surface area contributed by atoms with Gasteiger partial charge in [0.2, 0.25) is 5.91 Å². The zero-order valence-corrected chi connectivity index (χ0v) is 15.5. The van der Waals surface area contributed by atoms with Crippen molar-refractivity contribution in [3.05, 3.63) is 64.7 Å². The van der Waals surface area contributed by atoms with Gasteiger partial charge in [0.05, 0.1) is 0 Å². The van der Waals surface area contributed by atoms with Gasteiger partial charge in [-0.25, -0.2) is 0 Å². The van der Waals surface area contributed by atoms with E-state index in [1.54, 1.807) is 6.07 Å². The van der Waals surface area contributed by atoms with Crippen LogP contribution < -0.4 is 10.6 Å². The average molecular weight is 338 g/mol. The zero-order valence-electron chi connectivity index (χ0n) is 15.5. The molecule has 4 heteroatoms. The van der Waals surface area contributed by atoms with Gasteiger partial charge in [-0.2, -0.15) is 0 Å². The quantitative estimate of drug-likeness (QED) is 0.865. The topological polar surface area (TPSA) is 58.2 Å². The summed E-state index contributed by atoms with van der Waals surface area (Å²) < 4.78 is 0. The Balaban J connectivity index is 2.14. The molecule has 0 heterocycles. The molecule has 0 radical (unpaired) electrons. The molecule has 0 bridgehead atoms. The van der Waals surface area contributed by atoms with Gasteiger partial charge >= 0.3 is 0 Å². The van der Waals surface area contributed by atoms with E-state index in [1.807, 2.05) is 71.0 Å². The van der Waals surface area contributed by atoms with Crippen LogP contribution in [0.5, 0.6) is 0 Å². The molecule has 25 heavy (non-hydrogen) atoms. The highest BCUT2D eigenvalue weighted by atomic mass is 16.2. The first-order chi connectivity index (χ1) is 11.8. The summed E-state index contributed by atoms with van der Waals surface area (Å²) in [5.41, 5.74) is 4.48. The van der Waals surface area contributed by atoms with Crippen LogP contribution in [-0.4, -0.2) is 17.9 Å². The number of nitrogens with one attached hydrogen (secondary N) is 2. The van der Waals surface area contributed by atoms with Gasteiger partial charge in [0.1, 0.15) is 6.04 Å². The monoisotopic (exact) mass is 338 g/mol. The van der Waals surface area contributed by atoms with E-state index in [2.05, 4.69) is 10.6 Å². The lowest BCUT2D eigenvalue weighted by atomic mass is 10.0. The molecule has 0 saturated heterocycles. The van der Waals surface area contributed by atoms with E-state index < -0.39 is 6.04 Å². The molecule has 0 aliphatic carbocycles. The number of rotatable bonds is 5. The Morgan fingerprint density at radius 2 is 1.60 bits per heavy atom. The number of aryl methyl sites for hydroxylation is 3. The maximum atomic E-state index is 12.7. The molecule has 0 aliphatic rings. The van der Waals surface area contributed by atoms with Gasteiger partial charge in [0.15, 0.2) is 0 Å². The average Bonchev–Trinajstić information content (AvgIpc) is 2.54. The molecule has 2 aromatic rings. The molecule has 2 aromatic carbocycles. The fraction of sp³-hybridized carbons (Fsp3) is 0.333. The number of carbonyl (C=O) groups is 2. The van der Waals surface area contributed by atoms with Crippen molar-refractivity contribution in [1.82, 2.24) is 5.32 Å². The van der Waals surface area contributed by atoms with Crippen LogP contribution in [0.15, 0.2) is 42.5 Å². The maximum absolute atomic E-state index is 12.7. The highest BCUT2D eigenvalue weighted by Crippen LogP contribution is 2.17. The summed E-state index contributed by atoms with van der Waals surface area (Å²) in [4.78, 5) is 25.2. The Hall–Kier alpha value is -2.62. The van der Waals surface area contributed by atoms with Crippen molar-refractivity contribution in [3.8, 4) is 0 Å². The lowest BCUT2D eigenvalue weighted by Gasteiger charge is -2.22. The summed E-state index contributed by atoms with van der Waals surface area (Å²) in [5, 5.41) is 5.79. The molecule has 0 aliphatic heterocycles. The van der Waals surface area contributed by atoms with Gasteiger partial charge in [0.25, 0.3) is 5.91 Å². The number of benzene rings is 2. The molecule has 1 atom stereocenters. The molecule has 2 N–H and O–H groups in total. The summed E-state index contributed by atoms with van der Waals surface area (Å²) >= 11 is 0. The first-order valence-corrected chi connectivity index (χ1v) is 8.53. The van der Waals surface area contributed by atoms with E-state index >= 15 is 0 Å². The highest BCUT2D eigenvalue weighted by molar-refractivity contribution is 6.01. The van der Waals surface area contributed by atoms with Crippen molar-refractivity contribution in [2.45, 2.75) is 40.7 Å². The van der Waals surface area contributed by atoms with Crippen molar-refractivity contribution >= 4 is 17.5 Å². The van der Waals surface area contributed by atoms with Crippen LogP contribution >= 0.6 is 0 Å². The predicted octanol–water partition coefficient (Wildman–Crippen LogP) is 4.00. The van der Waals surface area contributed by atoms with Crippen LogP contribution in [0.1, 0.15) is 40.9 Å². The zero-order chi connectivity index (χ0) is 18.6. The third-order valence-corrected chi connectivity index (χ3v) is 4.16. The molecular formula is C21H26N2O2. The Labute approximate surface area is 149 Å². The van der Waals surface area contributed by atoms with E-state index in [1.165, 1.54) is 0 Å². The Bertz CT molecular complexity index is 781. The van der Waals surface area contributed by atoms with Crippen LogP contribution in [0, 0.1) is 26.7 Å². The van der Waals surface area contributed by atoms with Crippen molar-refractivity contribution < 1.29 is 9.59 Å². The van der Waals surface area contributed by atoms with Gasteiger partial charge < -0.3 is 10.6 Å². The minimum atomic E-state index is -0.603. The first kappa shape index (κ1) is 18.7. The standard InChI is InChI=1S/C21H26N2O2/c1-13(2)19(23-20(24)17-8-6-7-14(3)12-17)21(25)22-18-10-9-15(4)11-16(18)5/h6-13,19H,1-5H3,(H,22,25)(H,23,24). The van der Waals surface area contributed by atoms with Gasteiger partial charge in [-0.15, -0.1) is 0 Å². The maximum Gasteiger partial charge on any atom is 0.251 e. The molecule has 0 aromatic heterocycles. The molecule has 2 amide bonds. The van der Waals surface area contributed by atoms with Crippen molar-refractivity contribution in [2.75, 3.05) is 5.32 Å². The third-order valence-electron chi connectivity index (χ3n) is 4.16. The van der Waals surface area contributed by atoms with Crippen LogP contribution in [0.2, 0.25) is 0 Å². The number of hydrogen-bond donors (Lipinski definition) is 2. The lowest BCUT2D eigenvalue weighted by molar-refractivity contribution is -0.118. The predicted molar refractivity (Wildman–Crippen MR) is 102 cm³/mol. The second kappa shape index (κ2) is 7.97. The lowest BCUT2D eigenvalue weighted by Crippen LogP contribution is -2.47. The van der Waals surface area contributed by atoms with Crippen molar-refractivity contribution in [3.63, 3.8) is 0 Å². The van der Waals surface area contributed by atoms with Crippen molar-refractivity contribution in [2.24, 2.45) is 5.92 Å². The highest BCUT2D eigenvalue weighted by Gasteiger charge is 2.25. The van der Waals surface area contributed by atoms with Gasteiger partial charge in [0, 0.05) is 11.3 Å². The number of hydrogen-bond acceptors (Lipinski definition) is 2. The molecule has 0 spiro atoms. The number of anilines is 1. The Morgan fingerprint density at radius 3 is 2.20 bits per heavy atom. The Kier molecular flexibility index (Phi) is 5.97. The van der Waals surface area contributed by atoms with Crippen LogP contribution in [0.25, 0.3) is 0 Å².